The number of hydrogen-bond acceptors (Lipinski definition) is 5. The van der Waals surface area contributed by atoms with Gasteiger partial charge < -0.3 is 10.1 Å². The number of halogens is 1. The highest BCUT2D eigenvalue weighted by Gasteiger charge is 2.21. The van der Waals surface area contributed by atoms with Crippen LogP contribution in [0.3, 0.4) is 0 Å². The maximum Gasteiger partial charge on any atom is 0.342 e. The molecular formula is C23H21ClN4O3. The van der Waals surface area contributed by atoms with Gasteiger partial charge in [0.25, 0.3) is 5.91 Å². The van der Waals surface area contributed by atoms with Crippen molar-refractivity contribution in [2.75, 3.05) is 11.9 Å². The second kappa shape index (κ2) is 9.92. The van der Waals surface area contributed by atoms with E-state index in [1.165, 1.54) is 0 Å². The second-order valence-electron chi connectivity index (χ2n) is 6.95. The third-order valence-corrected chi connectivity index (χ3v) is 5.09. The van der Waals surface area contributed by atoms with Gasteiger partial charge in [0.15, 0.2) is 6.61 Å². The van der Waals surface area contributed by atoms with Crippen molar-refractivity contribution in [2.45, 2.75) is 26.8 Å². The van der Waals surface area contributed by atoms with Gasteiger partial charge in [0.2, 0.25) is 0 Å². The van der Waals surface area contributed by atoms with E-state index in [-0.39, 0.29) is 0 Å². The Morgan fingerprint density at radius 1 is 1.16 bits per heavy atom. The van der Waals surface area contributed by atoms with Crippen LogP contribution < -0.4 is 5.32 Å². The van der Waals surface area contributed by atoms with Gasteiger partial charge in [-0.25, -0.2) is 4.79 Å². The highest BCUT2D eigenvalue weighted by Crippen LogP contribution is 2.20. The van der Waals surface area contributed by atoms with E-state index in [1.54, 1.807) is 48.9 Å². The van der Waals surface area contributed by atoms with Crippen molar-refractivity contribution in [1.29, 1.82) is 5.26 Å². The summed E-state index contributed by atoms with van der Waals surface area (Å²) in [7, 11) is 0. The molecule has 0 aliphatic heterocycles. The van der Waals surface area contributed by atoms with Crippen molar-refractivity contribution in [2.24, 2.45) is 0 Å². The van der Waals surface area contributed by atoms with Crippen molar-refractivity contribution in [1.82, 2.24) is 9.78 Å². The molecule has 2 aromatic carbocycles. The summed E-state index contributed by atoms with van der Waals surface area (Å²) in [4.78, 5) is 24.7. The fraction of sp³-hybridized carbons (Fsp3) is 0.217. The van der Waals surface area contributed by atoms with Crippen LogP contribution in [-0.4, -0.2) is 28.3 Å². The third kappa shape index (κ3) is 5.50. The van der Waals surface area contributed by atoms with Crippen LogP contribution in [0.1, 0.15) is 32.9 Å². The molecule has 0 bridgehead atoms. The highest BCUT2D eigenvalue weighted by atomic mass is 35.5. The van der Waals surface area contributed by atoms with Crippen LogP contribution >= 0.6 is 11.6 Å². The monoisotopic (exact) mass is 436 g/mol. The Kier molecular flexibility index (Phi) is 7.06. The number of nitriles is 1. The van der Waals surface area contributed by atoms with E-state index in [1.807, 2.05) is 18.2 Å². The standard InChI is InChI=1S/C23H21ClN4O3/c1-15-22(16(2)28(27-15)13-18-5-3-4-6-20(18)24)23(30)31-14-21(29)26-19-9-7-17(8-10-19)11-12-25/h3-10H,11,13-14H2,1-2H3,(H,26,29). The zero-order valence-corrected chi connectivity index (χ0v) is 17.9. The Labute approximate surface area is 185 Å². The number of aryl methyl sites for hydroxylation is 1. The number of aromatic nitrogens is 2. The Morgan fingerprint density at radius 2 is 1.87 bits per heavy atom. The Hall–Kier alpha value is -3.63. The predicted molar refractivity (Wildman–Crippen MR) is 117 cm³/mol. The summed E-state index contributed by atoms with van der Waals surface area (Å²) >= 11 is 6.22. The number of hydrogen-bond donors (Lipinski definition) is 1. The lowest BCUT2D eigenvalue weighted by molar-refractivity contribution is -0.119. The minimum absolute atomic E-state index is 0.300. The minimum atomic E-state index is -0.611. The average Bonchev–Trinajstić information content (AvgIpc) is 3.02. The van der Waals surface area contributed by atoms with Gasteiger partial charge in [-0.3, -0.25) is 9.48 Å². The van der Waals surface area contributed by atoms with Gasteiger partial charge in [0, 0.05) is 10.7 Å². The van der Waals surface area contributed by atoms with Crippen molar-refractivity contribution in [3.8, 4) is 6.07 Å². The fourth-order valence-corrected chi connectivity index (χ4v) is 3.33. The van der Waals surface area contributed by atoms with Crippen LogP contribution in [0.25, 0.3) is 0 Å². The summed E-state index contributed by atoms with van der Waals surface area (Å²) in [5.74, 6) is -1.07. The molecule has 0 radical (unpaired) electrons. The number of rotatable bonds is 7. The lowest BCUT2D eigenvalue weighted by Crippen LogP contribution is -2.21. The SMILES string of the molecule is Cc1nn(Cc2ccccc2Cl)c(C)c1C(=O)OCC(=O)Nc1ccc(CC#N)cc1. The number of anilines is 1. The van der Waals surface area contributed by atoms with E-state index >= 15 is 0 Å². The number of amides is 1. The maximum absolute atomic E-state index is 12.6. The molecule has 3 rings (SSSR count). The summed E-state index contributed by atoms with van der Waals surface area (Å²) in [6, 6.07) is 16.4. The molecule has 0 atom stereocenters. The number of ether oxygens (including phenoxy) is 1. The third-order valence-electron chi connectivity index (χ3n) is 4.72. The Balaban J connectivity index is 1.61. The first-order valence-electron chi connectivity index (χ1n) is 9.59. The van der Waals surface area contributed by atoms with Gasteiger partial charge >= 0.3 is 5.97 Å². The molecule has 3 aromatic rings. The largest absolute Gasteiger partial charge is 0.452 e. The number of nitrogens with one attached hydrogen (secondary N) is 1. The van der Waals surface area contributed by atoms with Crippen molar-refractivity contribution >= 4 is 29.2 Å². The molecule has 1 heterocycles. The van der Waals surface area contributed by atoms with Gasteiger partial charge in [-0.05, 0) is 43.2 Å². The van der Waals surface area contributed by atoms with Crippen LogP contribution in [-0.2, 0) is 22.5 Å². The van der Waals surface area contributed by atoms with Gasteiger partial charge in [-0.1, -0.05) is 41.9 Å². The highest BCUT2D eigenvalue weighted by molar-refractivity contribution is 6.31. The number of nitrogens with zero attached hydrogens (tertiary/aromatic N) is 3. The molecule has 7 nitrogen and oxygen atoms in total. The van der Waals surface area contributed by atoms with Gasteiger partial charge in [0.1, 0.15) is 5.56 Å². The van der Waals surface area contributed by atoms with E-state index in [4.69, 9.17) is 21.6 Å². The molecule has 1 amide bonds. The van der Waals surface area contributed by atoms with Crippen molar-refractivity contribution < 1.29 is 14.3 Å². The van der Waals surface area contributed by atoms with E-state index in [9.17, 15) is 9.59 Å². The fourth-order valence-electron chi connectivity index (χ4n) is 3.13. The first-order chi connectivity index (χ1) is 14.9. The summed E-state index contributed by atoms with van der Waals surface area (Å²) in [5, 5.41) is 16.4. The number of carbonyl (C=O) groups is 2. The molecule has 0 saturated carbocycles. The van der Waals surface area contributed by atoms with Crippen LogP contribution in [0.15, 0.2) is 48.5 Å². The first-order valence-corrected chi connectivity index (χ1v) is 9.97. The normalized spacial score (nSPS) is 10.4. The summed E-state index contributed by atoms with van der Waals surface area (Å²) in [5.41, 5.74) is 3.78. The predicted octanol–water partition coefficient (Wildman–Crippen LogP) is 4.06. The molecular weight excluding hydrogens is 416 g/mol. The number of benzene rings is 2. The quantitative estimate of drug-likeness (QED) is 0.563. The molecule has 0 spiro atoms. The van der Waals surface area contributed by atoms with Crippen molar-refractivity contribution in [3.63, 3.8) is 0 Å². The lowest BCUT2D eigenvalue weighted by Gasteiger charge is -2.08. The van der Waals surface area contributed by atoms with E-state index < -0.39 is 18.5 Å². The average molecular weight is 437 g/mol. The zero-order chi connectivity index (χ0) is 22.4. The summed E-state index contributed by atoms with van der Waals surface area (Å²) in [6.07, 6.45) is 0.300. The summed E-state index contributed by atoms with van der Waals surface area (Å²) < 4.78 is 6.89. The molecule has 1 N–H and O–H groups in total. The van der Waals surface area contributed by atoms with Crippen LogP contribution in [0, 0.1) is 25.2 Å². The first kappa shape index (κ1) is 22.1. The molecule has 0 aliphatic carbocycles. The summed E-state index contributed by atoms with van der Waals surface area (Å²) in [6.45, 7) is 3.49. The molecule has 31 heavy (non-hydrogen) atoms. The molecule has 0 unspecified atom stereocenters. The van der Waals surface area contributed by atoms with E-state index in [0.29, 0.717) is 40.6 Å². The molecule has 0 fully saturated rings. The Bertz CT molecular complexity index is 1150. The van der Waals surface area contributed by atoms with Crippen LogP contribution in [0.5, 0.6) is 0 Å². The molecule has 0 aliphatic rings. The number of carbonyl (C=O) groups excluding carboxylic acids is 2. The molecule has 1 aromatic heterocycles. The van der Waals surface area contributed by atoms with Gasteiger partial charge in [-0.15, -0.1) is 0 Å². The van der Waals surface area contributed by atoms with Gasteiger partial charge in [0.05, 0.1) is 30.4 Å². The lowest BCUT2D eigenvalue weighted by atomic mass is 10.1. The second-order valence-corrected chi connectivity index (χ2v) is 7.36. The van der Waals surface area contributed by atoms with E-state index in [2.05, 4.69) is 16.5 Å². The van der Waals surface area contributed by atoms with Crippen LogP contribution in [0.2, 0.25) is 5.02 Å². The van der Waals surface area contributed by atoms with Crippen molar-refractivity contribution in [3.05, 3.63) is 81.6 Å². The zero-order valence-electron chi connectivity index (χ0n) is 17.2. The molecule has 0 saturated heterocycles. The minimum Gasteiger partial charge on any atom is -0.452 e. The smallest absolute Gasteiger partial charge is 0.342 e. The number of esters is 1. The maximum atomic E-state index is 12.6. The van der Waals surface area contributed by atoms with Gasteiger partial charge in [-0.2, -0.15) is 10.4 Å². The molecule has 158 valence electrons. The van der Waals surface area contributed by atoms with Crippen LogP contribution in [0.4, 0.5) is 5.69 Å². The Morgan fingerprint density at radius 3 is 2.55 bits per heavy atom. The molecule has 8 heteroatoms. The van der Waals surface area contributed by atoms with E-state index in [0.717, 1.165) is 11.1 Å². The topological polar surface area (TPSA) is 97.0 Å².